The van der Waals surface area contributed by atoms with Crippen LogP contribution in [0.3, 0.4) is 0 Å². The highest BCUT2D eigenvalue weighted by Crippen LogP contribution is 2.49. The van der Waals surface area contributed by atoms with Gasteiger partial charge in [0.15, 0.2) is 0 Å². The second-order valence-electron chi connectivity index (χ2n) is 4.31. The first kappa shape index (κ1) is 15.3. The molecule has 1 aliphatic heterocycles. The van der Waals surface area contributed by atoms with Gasteiger partial charge < -0.3 is 4.74 Å². The quantitative estimate of drug-likeness (QED) is 0.568. The number of fused-ring (bicyclic) bond motifs is 2. The summed E-state index contributed by atoms with van der Waals surface area (Å²) in [7, 11) is 0. The van der Waals surface area contributed by atoms with E-state index in [1.807, 2.05) is 0 Å². The number of rotatable bonds is 2. The fourth-order valence-corrected chi connectivity index (χ4v) is 3.38. The molecule has 0 fully saturated rings. The van der Waals surface area contributed by atoms with E-state index in [0.29, 0.717) is 21.3 Å². The van der Waals surface area contributed by atoms with Crippen molar-refractivity contribution < 1.29 is 23.1 Å². The fraction of sp³-hybridized carbons (Fsp3) is 0. The summed E-state index contributed by atoms with van der Waals surface area (Å²) in [6.07, 6.45) is 0. The van der Waals surface area contributed by atoms with Crippen molar-refractivity contribution in [2.75, 3.05) is 0 Å². The van der Waals surface area contributed by atoms with Crippen molar-refractivity contribution in [2.24, 2.45) is 0 Å². The van der Waals surface area contributed by atoms with Crippen LogP contribution in [0.1, 0.15) is 20.7 Å². The van der Waals surface area contributed by atoms with Crippen LogP contribution in [0, 0.1) is 0 Å². The molecule has 2 aromatic carbocycles. The predicted molar refractivity (Wildman–Crippen MR) is 78.0 cm³/mol. The molecule has 1 heterocycles. The van der Waals surface area contributed by atoms with Crippen molar-refractivity contribution in [1.29, 1.82) is 0 Å². The minimum Gasteiger partial charge on any atom is -0.455 e. The van der Waals surface area contributed by atoms with Crippen LogP contribution in [0.4, 0.5) is 8.78 Å². The van der Waals surface area contributed by atoms with Crippen molar-refractivity contribution in [3.8, 4) is 11.5 Å². The van der Waals surface area contributed by atoms with E-state index in [-0.39, 0.29) is 21.2 Å². The second-order valence-corrected chi connectivity index (χ2v) is 6.21. The van der Waals surface area contributed by atoms with Gasteiger partial charge in [-0.25, -0.2) is 0 Å². The molecule has 0 aromatic heterocycles. The van der Waals surface area contributed by atoms with Crippen LogP contribution in [0.2, 0.25) is 10.0 Å². The lowest BCUT2D eigenvalue weighted by molar-refractivity contribution is 0.0826. The molecule has 0 N–H and O–H groups in total. The molecule has 0 bridgehead atoms. The van der Waals surface area contributed by atoms with Gasteiger partial charge in [0.25, 0.3) is 0 Å². The third kappa shape index (κ3) is 2.58. The number of halogens is 4. The maximum atomic E-state index is 12.9. The first-order valence-electron chi connectivity index (χ1n) is 5.79. The summed E-state index contributed by atoms with van der Waals surface area (Å²) in [5.74, 6) is 0.616. The lowest BCUT2D eigenvalue weighted by atomic mass is 10.2. The number of carbonyl (C=O) groups excluding carboxylic acids is 2. The molecule has 0 unspecified atom stereocenters. The van der Waals surface area contributed by atoms with E-state index in [1.54, 1.807) is 0 Å². The van der Waals surface area contributed by atoms with Crippen LogP contribution in [0.15, 0.2) is 34.1 Å². The molecule has 3 rings (SSSR count). The van der Waals surface area contributed by atoms with E-state index in [4.69, 9.17) is 27.9 Å². The Balaban J connectivity index is 2.10. The maximum Gasteiger partial charge on any atom is 0.333 e. The summed E-state index contributed by atoms with van der Waals surface area (Å²) >= 11 is 12.7. The third-order valence-corrected chi connectivity index (χ3v) is 4.63. The van der Waals surface area contributed by atoms with Gasteiger partial charge in [-0.1, -0.05) is 35.0 Å². The van der Waals surface area contributed by atoms with E-state index in [2.05, 4.69) is 0 Å². The molecule has 112 valence electrons. The van der Waals surface area contributed by atoms with Crippen molar-refractivity contribution in [1.82, 2.24) is 0 Å². The smallest absolute Gasteiger partial charge is 0.333 e. The Kier molecular flexibility index (Phi) is 3.84. The average molecular weight is 361 g/mol. The van der Waals surface area contributed by atoms with Gasteiger partial charge in [-0.2, -0.15) is 8.78 Å². The highest BCUT2D eigenvalue weighted by Gasteiger charge is 2.24. The molecule has 1 aliphatic rings. The predicted octanol–water partition coefficient (Wildman–Crippen LogP) is 5.47. The highest BCUT2D eigenvalue weighted by molar-refractivity contribution is 7.99. The van der Waals surface area contributed by atoms with Crippen molar-refractivity contribution in [3.05, 3.63) is 45.4 Å². The molecular formula is C14H4Cl2F2O3S. The minimum atomic E-state index is -1.67. The zero-order chi connectivity index (χ0) is 16.0. The van der Waals surface area contributed by atoms with Gasteiger partial charge in [-0.05, 0) is 12.1 Å². The zero-order valence-electron chi connectivity index (χ0n) is 10.5. The largest absolute Gasteiger partial charge is 0.455 e. The van der Waals surface area contributed by atoms with Gasteiger partial charge in [-0.15, -0.1) is 0 Å². The topological polar surface area (TPSA) is 43.4 Å². The molecule has 0 spiro atoms. The molecule has 0 amide bonds. The van der Waals surface area contributed by atoms with Crippen LogP contribution < -0.4 is 4.74 Å². The van der Waals surface area contributed by atoms with E-state index >= 15 is 0 Å². The van der Waals surface area contributed by atoms with Crippen LogP contribution in [-0.2, 0) is 0 Å². The van der Waals surface area contributed by atoms with Crippen LogP contribution in [0.25, 0.3) is 0 Å². The Morgan fingerprint density at radius 1 is 0.864 bits per heavy atom. The summed E-state index contributed by atoms with van der Waals surface area (Å²) in [6, 6.07) is 1.74. The number of carbonyl (C=O) groups is 2. The molecule has 0 saturated carbocycles. The molecule has 0 saturated heterocycles. The molecule has 0 atom stereocenters. The van der Waals surface area contributed by atoms with E-state index in [1.165, 1.54) is 24.3 Å². The Labute approximate surface area is 137 Å². The van der Waals surface area contributed by atoms with Crippen molar-refractivity contribution in [2.45, 2.75) is 9.79 Å². The maximum absolute atomic E-state index is 12.9. The molecule has 2 aromatic rings. The summed E-state index contributed by atoms with van der Waals surface area (Å²) in [5.41, 5.74) is -0.591. The SMILES string of the molecule is O=C(F)c1cc2c(cc1Cl)Oc1cc(Cl)c(C(=O)F)cc1S2. The lowest BCUT2D eigenvalue weighted by Gasteiger charge is -2.21. The Hall–Kier alpha value is -1.63. The Morgan fingerprint density at radius 2 is 1.27 bits per heavy atom. The Morgan fingerprint density at radius 3 is 1.64 bits per heavy atom. The van der Waals surface area contributed by atoms with Gasteiger partial charge in [0, 0.05) is 12.1 Å². The molecule has 3 nitrogen and oxygen atoms in total. The van der Waals surface area contributed by atoms with E-state index < -0.39 is 12.1 Å². The van der Waals surface area contributed by atoms with Gasteiger partial charge in [0.1, 0.15) is 11.5 Å². The van der Waals surface area contributed by atoms with E-state index in [0.717, 1.165) is 11.8 Å². The average Bonchev–Trinajstić information content (AvgIpc) is 2.43. The normalized spacial score (nSPS) is 12.2. The standard InChI is InChI=1S/C14H4Cl2F2O3S/c15-7-3-9-11(1-5(7)13(17)19)22-12-2-6(14(18)20)8(16)4-10(12)21-9/h1-4H. The number of ether oxygens (including phenoxy) is 1. The lowest BCUT2D eigenvalue weighted by Crippen LogP contribution is -2.01. The minimum absolute atomic E-state index is 0.0862. The zero-order valence-corrected chi connectivity index (χ0v) is 12.8. The van der Waals surface area contributed by atoms with Crippen LogP contribution in [0.5, 0.6) is 11.5 Å². The van der Waals surface area contributed by atoms with Crippen molar-refractivity contribution in [3.63, 3.8) is 0 Å². The molecule has 0 radical (unpaired) electrons. The number of benzene rings is 2. The van der Waals surface area contributed by atoms with Gasteiger partial charge in [0.2, 0.25) is 0 Å². The van der Waals surface area contributed by atoms with Gasteiger partial charge in [0.05, 0.1) is 31.0 Å². The van der Waals surface area contributed by atoms with Gasteiger partial charge in [-0.3, -0.25) is 9.59 Å². The molecule has 0 aliphatic carbocycles. The Bertz CT molecular complexity index is 772. The third-order valence-electron chi connectivity index (χ3n) is 2.93. The monoisotopic (exact) mass is 360 g/mol. The fourth-order valence-electron chi connectivity index (χ4n) is 1.93. The summed E-state index contributed by atoms with van der Waals surface area (Å²) in [5, 5.41) is -0.172. The molecule has 8 heteroatoms. The van der Waals surface area contributed by atoms with Crippen molar-refractivity contribution >= 4 is 47.0 Å². The summed E-state index contributed by atoms with van der Waals surface area (Å²) in [4.78, 5) is 22.6. The van der Waals surface area contributed by atoms with Gasteiger partial charge >= 0.3 is 12.1 Å². The second kappa shape index (κ2) is 5.53. The number of hydrogen-bond donors (Lipinski definition) is 0. The first-order valence-corrected chi connectivity index (χ1v) is 7.36. The van der Waals surface area contributed by atoms with E-state index in [9.17, 15) is 18.4 Å². The number of hydrogen-bond acceptors (Lipinski definition) is 4. The van der Waals surface area contributed by atoms with Crippen LogP contribution >= 0.6 is 35.0 Å². The first-order chi connectivity index (χ1) is 10.4. The molecular weight excluding hydrogens is 357 g/mol. The van der Waals surface area contributed by atoms with Crippen LogP contribution in [-0.4, -0.2) is 12.1 Å². The summed E-state index contributed by atoms with van der Waals surface area (Å²) in [6.45, 7) is 0. The molecule has 22 heavy (non-hydrogen) atoms. The summed E-state index contributed by atoms with van der Waals surface area (Å²) < 4.78 is 31.3. The highest BCUT2D eigenvalue weighted by atomic mass is 35.5.